The predicted octanol–water partition coefficient (Wildman–Crippen LogP) is 2.49. The molecule has 0 spiro atoms. The van der Waals surface area contributed by atoms with Gasteiger partial charge in [0.25, 0.3) is 0 Å². The number of benzene rings is 1. The van der Waals surface area contributed by atoms with E-state index >= 15 is 0 Å². The maximum Gasteiger partial charge on any atom is 0.312 e. The quantitative estimate of drug-likeness (QED) is 0.719. The molecule has 0 radical (unpaired) electrons. The molecule has 16 heavy (non-hydrogen) atoms. The fraction of sp³-hybridized carbons (Fsp3) is 0.462. The van der Waals surface area contributed by atoms with Crippen LogP contribution in [0.15, 0.2) is 18.2 Å². The van der Waals surface area contributed by atoms with Crippen LogP contribution < -0.4 is 0 Å². The topological polar surface area (TPSA) is 26.3 Å². The van der Waals surface area contributed by atoms with E-state index in [9.17, 15) is 9.18 Å². The number of carbonyl (C=O) groups excluding carboxylic acids is 1. The van der Waals surface area contributed by atoms with Crippen molar-refractivity contribution in [2.75, 3.05) is 6.61 Å². The van der Waals surface area contributed by atoms with Crippen molar-refractivity contribution < 1.29 is 13.9 Å². The van der Waals surface area contributed by atoms with Crippen LogP contribution in [0, 0.1) is 11.2 Å². The van der Waals surface area contributed by atoms with Gasteiger partial charge in [-0.1, -0.05) is 6.07 Å². The molecule has 2 rings (SSSR count). The van der Waals surface area contributed by atoms with Crippen molar-refractivity contribution in [2.24, 2.45) is 5.41 Å². The lowest BCUT2D eigenvalue weighted by Gasteiger charge is -2.20. The molecule has 0 fully saturated rings. The number of rotatable bonds is 2. The van der Waals surface area contributed by atoms with E-state index in [-0.39, 0.29) is 11.8 Å². The number of halogens is 1. The highest BCUT2D eigenvalue weighted by Crippen LogP contribution is 2.37. The average molecular weight is 222 g/mol. The van der Waals surface area contributed by atoms with E-state index in [4.69, 9.17) is 4.74 Å². The molecule has 0 saturated heterocycles. The Morgan fingerprint density at radius 1 is 1.44 bits per heavy atom. The minimum absolute atomic E-state index is 0.188. The van der Waals surface area contributed by atoms with Crippen LogP contribution in [0.3, 0.4) is 0 Å². The van der Waals surface area contributed by atoms with Gasteiger partial charge in [0.2, 0.25) is 0 Å². The van der Waals surface area contributed by atoms with Gasteiger partial charge >= 0.3 is 5.97 Å². The molecule has 1 aliphatic carbocycles. The van der Waals surface area contributed by atoms with Crippen LogP contribution in [0.1, 0.15) is 25.0 Å². The third-order valence-corrected chi connectivity index (χ3v) is 3.10. The molecule has 1 atom stereocenters. The minimum Gasteiger partial charge on any atom is -0.466 e. The number of hydrogen-bond acceptors (Lipinski definition) is 2. The first-order chi connectivity index (χ1) is 7.55. The van der Waals surface area contributed by atoms with Gasteiger partial charge in [-0.15, -0.1) is 0 Å². The highest BCUT2D eigenvalue weighted by Gasteiger charge is 2.40. The molecule has 0 heterocycles. The molecule has 1 aromatic rings. The summed E-state index contributed by atoms with van der Waals surface area (Å²) in [6, 6.07) is 4.71. The Kier molecular flexibility index (Phi) is 2.70. The second-order valence-electron chi connectivity index (χ2n) is 4.55. The van der Waals surface area contributed by atoms with Crippen LogP contribution in [-0.2, 0) is 22.4 Å². The van der Waals surface area contributed by atoms with E-state index in [2.05, 4.69) is 0 Å². The lowest BCUT2D eigenvalue weighted by atomic mass is 9.87. The molecule has 0 saturated carbocycles. The van der Waals surface area contributed by atoms with Crippen molar-refractivity contribution in [1.82, 2.24) is 0 Å². The number of fused-ring (bicyclic) bond motifs is 1. The van der Waals surface area contributed by atoms with Crippen LogP contribution in [0.4, 0.5) is 4.39 Å². The van der Waals surface area contributed by atoms with Crippen molar-refractivity contribution in [1.29, 1.82) is 0 Å². The number of hydrogen-bond donors (Lipinski definition) is 0. The van der Waals surface area contributed by atoms with Gasteiger partial charge < -0.3 is 4.74 Å². The smallest absolute Gasteiger partial charge is 0.312 e. The van der Waals surface area contributed by atoms with E-state index in [1.165, 1.54) is 12.1 Å². The van der Waals surface area contributed by atoms with Crippen LogP contribution in [-0.4, -0.2) is 12.6 Å². The summed E-state index contributed by atoms with van der Waals surface area (Å²) < 4.78 is 18.1. The number of esters is 1. The summed E-state index contributed by atoms with van der Waals surface area (Å²) in [5.74, 6) is -0.432. The molecule has 86 valence electrons. The largest absolute Gasteiger partial charge is 0.466 e. The fourth-order valence-electron chi connectivity index (χ4n) is 2.28. The first kappa shape index (κ1) is 11.1. The van der Waals surface area contributed by atoms with E-state index in [1.807, 2.05) is 6.92 Å². The lowest BCUT2D eigenvalue weighted by Crippen LogP contribution is -2.30. The van der Waals surface area contributed by atoms with E-state index in [0.717, 1.165) is 11.1 Å². The van der Waals surface area contributed by atoms with Gasteiger partial charge in [0.1, 0.15) is 5.82 Å². The Morgan fingerprint density at radius 2 is 2.12 bits per heavy atom. The molecule has 0 aliphatic heterocycles. The van der Waals surface area contributed by atoms with E-state index in [1.54, 1.807) is 13.0 Å². The van der Waals surface area contributed by atoms with Gasteiger partial charge in [0, 0.05) is 0 Å². The summed E-state index contributed by atoms with van der Waals surface area (Å²) in [6.07, 6.45) is 1.21. The molecule has 2 nitrogen and oxygen atoms in total. The van der Waals surface area contributed by atoms with Gasteiger partial charge in [0.05, 0.1) is 12.0 Å². The average Bonchev–Trinajstić information content (AvgIpc) is 2.55. The maximum atomic E-state index is 13.0. The van der Waals surface area contributed by atoms with Gasteiger partial charge in [-0.2, -0.15) is 0 Å². The zero-order chi connectivity index (χ0) is 11.8. The Morgan fingerprint density at radius 3 is 2.81 bits per heavy atom. The molecular formula is C13H15FO2. The summed E-state index contributed by atoms with van der Waals surface area (Å²) >= 11 is 0. The molecule has 0 aromatic heterocycles. The third kappa shape index (κ3) is 1.82. The zero-order valence-electron chi connectivity index (χ0n) is 9.55. The van der Waals surface area contributed by atoms with Crippen molar-refractivity contribution in [3.05, 3.63) is 35.1 Å². The van der Waals surface area contributed by atoms with E-state index in [0.29, 0.717) is 19.4 Å². The molecule has 1 aliphatic rings. The maximum absolute atomic E-state index is 13.0. The van der Waals surface area contributed by atoms with Gasteiger partial charge in [-0.25, -0.2) is 4.39 Å². The normalized spacial score (nSPS) is 22.9. The highest BCUT2D eigenvalue weighted by molar-refractivity contribution is 5.78. The SMILES string of the molecule is CCOC(=O)C1(C)Cc2ccc(F)cc2C1. The Balaban J connectivity index is 2.24. The van der Waals surface area contributed by atoms with Crippen LogP contribution >= 0.6 is 0 Å². The van der Waals surface area contributed by atoms with Crippen molar-refractivity contribution in [3.8, 4) is 0 Å². The van der Waals surface area contributed by atoms with Crippen LogP contribution in [0.5, 0.6) is 0 Å². The molecule has 1 unspecified atom stereocenters. The third-order valence-electron chi connectivity index (χ3n) is 3.10. The second kappa shape index (κ2) is 3.89. The lowest BCUT2D eigenvalue weighted by molar-refractivity contribution is -0.153. The van der Waals surface area contributed by atoms with E-state index < -0.39 is 5.41 Å². The first-order valence-corrected chi connectivity index (χ1v) is 5.50. The number of ether oxygens (including phenoxy) is 1. The molecule has 3 heteroatoms. The highest BCUT2D eigenvalue weighted by atomic mass is 19.1. The van der Waals surface area contributed by atoms with Crippen molar-refractivity contribution in [3.63, 3.8) is 0 Å². The van der Waals surface area contributed by atoms with Crippen LogP contribution in [0.25, 0.3) is 0 Å². The Hall–Kier alpha value is -1.38. The molecule has 0 bridgehead atoms. The molecule has 0 N–H and O–H groups in total. The standard InChI is InChI=1S/C13H15FO2/c1-3-16-12(15)13(2)7-9-4-5-11(14)6-10(9)8-13/h4-6H,3,7-8H2,1-2H3. The monoisotopic (exact) mass is 222 g/mol. The van der Waals surface area contributed by atoms with Crippen molar-refractivity contribution >= 4 is 5.97 Å². The zero-order valence-corrected chi connectivity index (χ0v) is 9.55. The Labute approximate surface area is 94.4 Å². The van der Waals surface area contributed by atoms with Gasteiger partial charge in [-0.3, -0.25) is 4.79 Å². The van der Waals surface area contributed by atoms with Crippen LogP contribution in [0.2, 0.25) is 0 Å². The van der Waals surface area contributed by atoms with Gasteiger partial charge in [-0.05, 0) is 49.9 Å². The van der Waals surface area contributed by atoms with Crippen molar-refractivity contribution in [2.45, 2.75) is 26.7 Å². The molecule has 1 aromatic carbocycles. The molecule has 0 amide bonds. The predicted molar refractivity (Wildman–Crippen MR) is 58.5 cm³/mol. The summed E-state index contributed by atoms with van der Waals surface area (Å²) in [7, 11) is 0. The summed E-state index contributed by atoms with van der Waals surface area (Å²) in [4.78, 5) is 11.8. The fourth-order valence-corrected chi connectivity index (χ4v) is 2.28. The first-order valence-electron chi connectivity index (χ1n) is 5.50. The minimum atomic E-state index is -0.522. The summed E-state index contributed by atoms with van der Waals surface area (Å²) in [5.41, 5.74) is 1.46. The summed E-state index contributed by atoms with van der Waals surface area (Å²) in [6.45, 7) is 4.06. The molecular weight excluding hydrogens is 207 g/mol. The second-order valence-corrected chi connectivity index (χ2v) is 4.55. The number of carbonyl (C=O) groups is 1. The Bertz CT molecular complexity index is 428. The van der Waals surface area contributed by atoms with Gasteiger partial charge in [0.15, 0.2) is 0 Å². The summed E-state index contributed by atoms with van der Waals surface area (Å²) in [5, 5.41) is 0.